The Labute approximate surface area is 107 Å². The number of rotatable bonds is 7. The van der Waals surface area contributed by atoms with Gasteiger partial charge in [-0.1, -0.05) is 26.2 Å². The molecule has 0 bridgehead atoms. The molecule has 17 heavy (non-hydrogen) atoms. The Balaban J connectivity index is 2.50. The Morgan fingerprint density at radius 1 is 1.29 bits per heavy atom. The van der Waals surface area contributed by atoms with E-state index in [0.29, 0.717) is 6.04 Å². The molecule has 1 atom stereocenters. The first-order chi connectivity index (χ1) is 8.11. The minimum Gasteiger partial charge on any atom is -0.383 e. The summed E-state index contributed by atoms with van der Waals surface area (Å²) in [6, 6.07) is 0.604. The molecule has 0 heterocycles. The van der Waals surface area contributed by atoms with Gasteiger partial charge in [0.2, 0.25) is 0 Å². The van der Waals surface area contributed by atoms with Crippen LogP contribution in [0.25, 0.3) is 0 Å². The molecule has 102 valence electrons. The van der Waals surface area contributed by atoms with Crippen molar-refractivity contribution in [1.29, 1.82) is 0 Å². The van der Waals surface area contributed by atoms with Gasteiger partial charge >= 0.3 is 0 Å². The van der Waals surface area contributed by atoms with Crippen molar-refractivity contribution in [3.63, 3.8) is 0 Å². The summed E-state index contributed by atoms with van der Waals surface area (Å²) < 4.78 is 5.21. The maximum Gasteiger partial charge on any atom is 0.0589 e. The van der Waals surface area contributed by atoms with E-state index >= 15 is 0 Å². The number of nitrogens with two attached hydrogens (primary N) is 1. The summed E-state index contributed by atoms with van der Waals surface area (Å²) in [6.07, 6.45) is 7.52. The Kier molecular flexibility index (Phi) is 6.45. The molecule has 0 aliphatic heterocycles. The lowest BCUT2D eigenvalue weighted by atomic mass is 9.82. The Hall–Kier alpha value is -0.120. The van der Waals surface area contributed by atoms with Crippen LogP contribution in [0, 0.1) is 0 Å². The summed E-state index contributed by atoms with van der Waals surface area (Å²) in [6.45, 7) is 7.38. The number of ether oxygens (including phenoxy) is 1. The molecule has 0 saturated heterocycles. The van der Waals surface area contributed by atoms with Crippen LogP contribution < -0.4 is 5.73 Å². The lowest BCUT2D eigenvalue weighted by molar-refractivity contribution is 0.0918. The largest absolute Gasteiger partial charge is 0.383 e. The smallest absolute Gasteiger partial charge is 0.0589 e. The van der Waals surface area contributed by atoms with Crippen molar-refractivity contribution in [2.45, 2.75) is 64.0 Å². The van der Waals surface area contributed by atoms with Gasteiger partial charge < -0.3 is 10.5 Å². The van der Waals surface area contributed by atoms with Gasteiger partial charge in [-0.2, -0.15) is 0 Å². The molecule has 1 fully saturated rings. The lowest BCUT2D eigenvalue weighted by Gasteiger charge is -2.40. The third-order valence-electron chi connectivity index (χ3n) is 4.16. The molecule has 1 rings (SSSR count). The van der Waals surface area contributed by atoms with Gasteiger partial charge in [0.1, 0.15) is 0 Å². The van der Waals surface area contributed by atoms with Gasteiger partial charge in [0.25, 0.3) is 0 Å². The molecule has 1 saturated carbocycles. The quantitative estimate of drug-likeness (QED) is 0.745. The van der Waals surface area contributed by atoms with E-state index in [4.69, 9.17) is 10.5 Å². The van der Waals surface area contributed by atoms with Crippen molar-refractivity contribution in [3.8, 4) is 0 Å². The Bertz CT molecular complexity index is 202. The summed E-state index contributed by atoms with van der Waals surface area (Å²) in [5.74, 6) is 0. The van der Waals surface area contributed by atoms with Crippen molar-refractivity contribution in [2.24, 2.45) is 5.73 Å². The SMILES string of the molecule is CCC(C)N(CCOC)CC1(N)CCCCC1. The Morgan fingerprint density at radius 3 is 2.47 bits per heavy atom. The first kappa shape index (κ1) is 14.9. The molecular formula is C14H30N2O. The second-order valence-corrected chi connectivity index (χ2v) is 5.64. The van der Waals surface area contributed by atoms with Crippen LogP contribution in [0.15, 0.2) is 0 Å². The lowest BCUT2D eigenvalue weighted by Crippen LogP contribution is -2.54. The highest BCUT2D eigenvalue weighted by atomic mass is 16.5. The summed E-state index contributed by atoms with van der Waals surface area (Å²) in [4.78, 5) is 2.51. The van der Waals surface area contributed by atoms with E-state index in [0.717, 1.165) is 19.7 Å². The van der Waals surface area contributed by atoms with Crippen molar-refractivity contribution < 1.29 is 4.74 Å². The van der Waals surface area contributed by atoms with Crippen LogP contribution in [0.3, 0.4) is 0 Å². The van der Waals surface area contributed by atoms with Gasteiger partial charge in [-0.3, -0.25) is 4.90 Å². The molecule has 1 aliphatic carbocycles. The fourth-order valence-corrected chi connectivity index (χ4v) is 2.74. The molecule has 2 N–H and O–H groups in total. The molecule has 1 aliphatic rings. The van der Waals surface area contributed by atoms with Crippen LogP contribution in [0.1, 0.15) is 52.4 Å². The summed E-state index contributed by atoms with van der Waals surface area (Å²) in [5, 5.41) is 0. The average Bonchev–Trinajstić information content (AvgIpc) is 2.34. The monoisotopic (exact) mass is 242 g/mol. The number of methoxy groups -OCH3 is 1. The number of nitrogens with zero attached hydrogens (tertiary/aromatic N) is 1. The predicted octanol–water partition coefficient (Wildman–Crippen LogP) is 2.39. The molecule has 0 aromatic heterocycles. The molecule has 0 amide bonds. The molecule has 3 nitrogen and oxygen atoms in total. The molecular weight excluding hydrogens is 212 g/mol. The van der Waals surface area contributed by atoms with Crippen molar-refractivity contribution in [3.05, 3.63) is 0 Å². The number of hydrogen-bond donors (Lipinski definition) is 1. The van der Waals surface area contributed by atoms with Gasteiger partial charge in [-0.25, -0.2) is 0 Å². The molecule has 0 aromatic rings. The maximum atomic E-state index is 6.54. The fourth-order valence-electron chi connectivity index (χ4n) is 2.74. The molecule has 1 unspecified atom stereocenters. The highest BCUT2D eigenvalue weighted by Gasteiger charge is 2.30. The van der Waals surface area contributed by atoms with E-state index in [1.54, 1.807) is 7.11 Å². The molecule has 0 radical (unpaired) electrons. The van der Waals surface area contributed by atoms with Gasteiger partial charge in [-0.15, -0.1) is 0 Å². The van der Waals surface area contributed by atoms with Gasteiger partial charge in [0.15, 0.2) is 0 Å². The van der Waals surface area contributed by atoms with Crippen LogP contribution in [-0.2, 0) is 4.74 Å². The van der Waals surface area contributed by atoms with Crippen LogP contribution in [0.2, 0.25) is 0 Å². The zero-order valence-electron chi connectivity index (χ0n) is 11.9. The van der Waals surface area contributed by atoms with E-state index in [1.807, 2.05) is 0 Å². The zero-order chi connectivity index (χ0) is 12.7. The minimum absolute atomic E-state index is 0.0510. The van der Waals surface area contributed by atoms with E-state index in [1.165, 1.54) is 38.5 Å². The topological polar surface area (TPSA) is 38.5 Å². The van der Waals surface area contributed by atoms with Gasteiger partial charge in [0, 0.05) is 31.8 Å². The summed E-state index contributed by atoms with van der Waals surface area (Å²) >= 11 is 0. The fraction of sp³-hybridized carbons (Fsp3) is 1.00. The second-order valence-electron chi connectivity index (χ2n) is 5.64. The van der Waals surface area contributed by atoms with Crippen molar-refractivity contribution in [2.75, 3.05) is 26.8 Å². The van der Waals surface area contributed by atoms with E-state index in [2.05, 4.69) is 18.7 Å². The standard InChI is InChI=1S/C14H30N2O/c1-4-13(2)16(10-11-17-3)12-14(15)8-6-5-7-9-14/h13H,4-12,15H2,1-3H3. The van der Waals surface area contributed by atoms with Crippen LogP contribution in [0.4, 0.5) is 0 Å². The normalized spacial score (nSPS) is 21.7. The minimum atomic E-state index is 0.0510. The molecule has 0 aromatic carbocycles. The number of hydrogen-bond acceptors (Lipinski definition) is 3. The van der Waals surface area contributed by atoms with Crippen LogP contribution >= 0.6 is 0 Å². The van der Waals surface area contributed by atoms with Crippen molar-refractivity contribution in [1.82, 2.24) is 4.90 Å². The molecule has 3 heteroatoms. The second kappa shape index (κ2) is 7.34. The third kappa shape index (κ3) is 4.94. The highest BCUT2D eigenvalue weighted by Crippen LogP contribution is 2.27. The molecule has 0 spiro atoms. The summed E-state index contributed by atoms with van der Waals surface area (Å²) in [7, 11) is 1.77. The highest BCUT2D eigenvalue weighted by molar-refractivity contribution is 4.91. The predicted molar refractivity (Wildman–Crippen MR) is 73.2 cm³/mol. The average molecular weight is 242 g/mol. The zero-order valence-corrected chi connectivity index (χ0v) is 11.9. The Morgan fingerprint density at radius 2 is 1.94 bits per heavy atom. The first-order valence-electron chi connectivity index (χ1n) is 7.13. The van der Waals surface area contributed by atoms with Gasteiger partial charge in [0.05, 0.1) is 6.61 Å². The van der Waals surface area contributed by atoms with Crippen molar-refractivity contribution >= 4 is 0 Å². The maximum absolute atomic E-state index is 6.54. The summed E-state index contributed by atoms with van der Waals surface area (Å²) in [5.41, 5.74) is 6.59. The van der Waals surface area contributed by atoms with Crippen LogP contribution in [-0.4, -0.2) is 43.3 Å². The van der Waals surface area contributed by atoms with E-state index in [9.17, 15) is 0 Å². The van der Waals surface area contributed by atoms with Crippen LogP contribution in [0.5, 0.6) is 0 Å². The third-order valence-corrected chi connectivity index (χ3v) is 4.16. The van der Waals surface area contributed by atoms with Gasteiger partial charge in [-0.05, 0) is 26.2 Å². The van der Waals surface area contributed by atoms with E-state index in [-0.39, 0.29) is 5.54 Å². The van der Waals surface area contributed by atoms with E-state index < -0.39 is 0 Å². The first-order valence-corrected chi connectivity index (χ1v) is 7.13.